The van der Waals surface area contributed by atoms with E-state index in [0.29, 0.717) is 12.5 Å². The molecule has 2 bridgehead atoms. The summed E-state index contributed by atoms with van der Waals surface area (Å²) in [5.74, 6) is -1.24. The quantitative estimate of drug-likeness (QED) is 0.686. The Bertz CT molecular complexity index is 1030. The molecule has 0 fully saturated rings. The van der Waals surface area contributed by atoms with Crippen molar-refractivity contribution in [3.8, 4) is 0 Å². The van der Waals surface area contributed by atoms with Crippen LogP contribution >= 0.6 is 0 Å². The van der Waals surface area contributed by atoms with Gasteiger partial charge in [-0.15, -0.1) is 0 Å². The Hall–Kier alpha value is -3.01. The molecule has 0 saturated carbocycles. The summed E-state index contributed by atoms with van der Waals surface area (Å²) in [5, 5.41) is 2.87. The fraction of sp³-hybridized carbons (Fsp3) is 0.208. The van der Waals surface area contributed by atoms with Crippen molar-refractivity contribution in [2.45, 2.75) is 18.3 Å². The fourth-order valence-corrected chi connectivity index (χ4v) is 4.95. The van der Waals surface area contributed by atoms with Gasteiger partial charge in [0, 0.05) is 24.4 Å². The average Bonchev–Trinajstić information content (AvgIpc) is 2.72. The third-order valence-corrected chi connectivity index (χ3v) is 6.12. The minimum atomic E-state index is -0.835. The molecule has 6 rings (SSSR count). The van der Waals surface area contributed by atoms with Crippen LogP contribution in [0.1, 0.15) is 50.9 Å². The van der Waals surface area contributed by atoms with Gasteiger partial charge in [-0.25, -0.2) is 8.78 Å². The molecule has 3 aromatic rings. The predicted octanol–water partition coefficient (Wildman–Crippen LogP) is 4.99. The van der Waals surface area contributed by atoms with Gasteiger partial charge in [-0.3, -0.25) is 4.79 Å². The van der Waals surface area contributed by atoms with Crippen LogP contribution in [0.2, 0.25) is 0 Å². The number of rotatable bonds is 3. The van der Waals surface area contributed by atoms with Crippen LogP contribution in [0.5, 0.6) is 0 Å². The summed E-state index contributed by atoms with van der Waals surface area (Å²) in [6.07, 6.45) is 0.949. The Morgan fingerprint density at radius 1 is 0.893 bits per heavy atom. The molecule has 0 aromatic heterocycles. The molecule has 1 N–H and O–H groups in total. The topological polar surface area (TPSA) is 29.1 Å². The first-order valence-electron chi connectivity index (χ1n) is 9.54. The normalized spacial score (nSPS) is 21.7. The summed E-state index contributed by atoms with van der Waals surface area (Å²) in [4.78, 5) is 12.4. The molecular formula is C24H19F2NO. The lowest BCUT2D eigenvalue weighted by Gasteiger charge is -2.45. The molecule has 0 aliphatic heterocycles. The molecule has 3 aliphatic carbocycles. The van der Waals surface area contributed by atoms with Crippen molar-refractivity contribution < 1.29 is 13.6 Å². The van der Waals surface area contributed by atoms with Gasteiger partial charge in [0.15, 0.2) is 0 Å². The largest absolute Gasteiger partial charge is 0.352 e. The summed E-state index contributed by atoms with van der Waals surface area (Å²) in [5.41, 5.74) is 5.27. The third kappa shape index (κ3) is 2.63. The molecule has 4 heteroatoms. The maximum atomic E-state index is 13.9. The zero-order valence-corrected chi connectivity index (χ0v) is 15.2. The van der Waals surface area contributed by atoms with E-state index in [1.54, 1.807) is 0 Å². The first kappa shape index (κ1) is 17.1. The standard InChI is InChI=1S/C24H19F2NO/c25-15-9-10-20(22(26)12-15)24(28)27-13-14-11-21-16-5-1-3-7-18(16)23(14)19-8-4-2-6-17(19)21/h1-10,12,14,21,23H,11,13H2,(H,27,28). The minimum Gasteiger partial charge on any atom is -0.352 e. The number of fused-ring (bicyclic) bond motifs is 1. The molecule has 3 aliphatic rings. The second-order valence-corrected chi connectivity index (χ2v) is 7.62. The predicted molar refractivity (Wildman–Crippen MR) is 103 cm³/mol. The SMILES string of the molecule is O=C(NCC1CC2c3ccccc3C1c1ccccc12)c1ccc(F)cc1F. The van der Waals surface area contributed by atoms with Crippen LogP contribution in [0.3, 0.4) is 0 Å². The molecule has 3 aromatic carbocycles. The van der Waals surface area contributed by atoms with E-state index in [-0.39, 0.29) is 17.4 Å². The van der Waals surface area contributed by atoms with E-state index in [2.05, 4.69) is 53.8 Å². The fourth-order valence-electron chi connectivity index (χ4n) is 4.95. The maximum Gasteiger partial charge on any atom is 0.254 e. The van der Waals surface area contributed by atoms with E-state index in [4.69, 9.17) is 0 Å². The van der Waals surface area contributed by atoms with E-state index in [1.807, 2.05) is 0 Å². The van der Waals surface area contributed by atoms with Gasteiger partial charge in [-0.1, -0.05) is 48.5 Å². The second kappa shape index (κ2) is 6.55. The lowest BCUT2D eigenvalue weighted by Crippen LogP contribution is -2.39. The van der Waals surface area contributed by atoms with Crippen molar-refractivity contribution in [2.75, 3.05) is 6.54 Å². The van der Waals surface area contributed by atoms with Crippen LogP contribution < -0.4 is 5.32 Å². The van der Waals surface area contributed by atoms with Gasteiger partial charge >= 0.3 is 0 Å². The van der Waals surface area contributed by atoms with Crippen LogP contribution in [0.15, 0.2) is 66.7 Å². The first-order valence-corrected chi connectivity index (χ1v) is 9.54. The van der Waals surface area contributed by atoms with E-state index < -0.39 is 17.5 Å². The van der Waals surface area contributed by atoms with Gasteiger partial charge in [0.1, 0.15) is 11.6 Å². The van der Waals surface area contributed by atoms with E-state index in [9.17, 15) is 13.6 Å². The summed E-state index contributed by atoms with van der Waals surface area (Å²) in [6, 6.07) is 20.1. The van der Waals surface area contributed by atoms with Crippen molar-refractivity contribution in [3.05, 3.63) is 106 Å². The number of hydrogen-bond donors (Lipinski definition) is 1. The van der Waals surface area contributed by atoms with Gasteiger partial charge in [0.05, 0.1) is 5.56 Å². The number of halogens is 2. The Morgan fingerprint density at radius 2 is 1.50 bits per heavy atom. The number of carbonyl (C=O) groups excluding carboxylic acids is 1. The van der Waals surface area contributed by atoms with Gasteiger partial charge in [-0.05, 0) is 46.7 Å². The zero-order valence-electron chi connectivity index (χ0n) is 15.2. The van der Waals surface area contributed by atoms with Crippen LogP contribution in [0.4, 0.5) is 8.78 Å². The first-order chi connectivity index (χ1) is 13.6. The number of carbonyl (C=O) groups is 1. The molecular weight excluding hydrogens is 356 g/mol. The highest BCUT2D eigenvalue weighted by atomic mass is 19.1. The Balaban J connectivity index is 1.42. The lowest BCUT2D eigenvalue weighted by atomic mass is 9.59. The maximum absolute atomic E-state index is 13.9. The molecule has 0 saturated heterocycles. The van der Waals surface area contributed by atoms with Gasteiger partial charge in [-0.2, -0.15) is 0 Å². The molecule has 1 atom stereocenters. The summed E-state index contributed by atoms with van der Waals surface area (Å²) in [6.45, 7) is 0.458. The monoisotopic (exact) mass is 375 g/mol. The molecule has 1 amide bonds. The van der Waals surface area contributed by atoms with Crippen LogP contribution in [-0.2, 0) is 0 Å². The molecule has 0 spiro atoms. The number of benzene rings is 3. The third-order valence-electron chi connectivity index (χ3n) is 6.12. The second-order valence-electron chi connectivity index (χ2n) is 7.62. The molecule has 1 unspecified atom stereocenters. The highest BCUT2D eigenvalue weighted by molar-refractivity contribution is 5.94. The van der Waals surface area contributed by atoms with Gasteiger partial charge < -0.3 is 5.32 Å². The van der Waals surface area contributed by atoms with Gasteiger partial charge in [0.25, 0.3) is 5.91 Å². The van der Waals surface area contributed by atoms with Crippen molar-refractivity contribution in [1.29, 1.82) is 0 Å². The Morgan fingerprint density at radius 3 is 2.11 bits per heavy atom. The summed E-state index contributed by atoms with van der Waals surface area (Å²) < 4.78 is 27.0. The lowest BCUT2D eigenvalue weighted by molar-refractivity contribution is 0.0938. The van der Waals surface area contributed by atoms with E-state index in [0.717, 1.165) is 18.6 Å². The molecule has 2 nitrogen and oxygen atoms in total. The smallest absolute Gasteiger partial charge is 0.254 e. The highest BCUT2D eigenvalue weighted by Crippen LogP contribution is 2.55. The van der Waals surface area contributed by atoms with Crippen molar-refractivity contribution in [3.63, 3.8) is 0 Å². The van der Waals surface area contributed by atoms with Crippen molar-refractivity contribution in [2.24, 2.45) is 5.92 Å². The van der Waals surface area contributed by atoms with Crippen molar-refractivity contribution >= 4 is 5.91 Å². The van der Waals surface area contributed by atoms with Gasteiger partial charge in [0.2, 0.25) is 0 Å². The van der Waals surface area contributed by atoms with Crippen LogP contribution in [0, 0.1) is 17.6 Å². The molecule has 0 radical (unpaired) electrons. The molecule has 140 valence electrons. The van der Waals surface area contributed by atoms with Crippen LogP contribution in [-0.4, -0.2) is 12.5 Å². The number of hydrogen-bond acceptors (Lipinski definition) is 1. The Labute approximate surface area is 162 Å². The van der Waals surface area contributed by atoms with Crippen LogP contribution in [0.25, 0.3) is 0 Å². The highest BCUT2D eigenvalue weighted by Gasteiger charge is 2.42. The number of nitrogens with one attached hydrogen (secondary N) is 1. The molecule has 0 heterocycles. The number of amides is 1. The van der Waals surface area contributed by atoms with Crippen molar-refractivity contribution in [1.82, 2.24) is 5.32 Å². The van der Waals surface area contributed by atoms with E-state index in [1.165, 1.54) is 28.3 Å². The Kier molecular flexibility index (Phi) is 4.00. The summed E-state index contributed by atoms with van der Waals surface area (Å²) in [7, 11) is 0. The zero-order chi connectivity index (χ0) is 19.3. The molecule has 28 heavy (non-hydrogen) atoms. The van der Waals surface area contributed by atoms with E-state index >= 15 is 0 Å². The average molecular weight is 375 g/mol. The summed E-state index contributed by atoms with van der Waals surface area (Å²) >= 11 is 0. The minimum absolute atomic E-state index is 0.122.